The molecule has 0 fully saturated rings. The number of ether oxygens (including phenoxy) is 1. The van der Waals surface area contributed by atoms with E-state index in [4.69, 9.17) is 10.5 Å². The molecule has 0 aliphatic heterocycles. The van der Waals surface area contributed by atoms with Crippen molar-refractivity contribution < 1.29 is 17.9 Å². The Morgan fingerprint density at radius 1 is 1.35 bits per heavy atom. The van der Waals surface area contributed by atoms with Gasteiger partial charge in [-0.3, -0.25) is 0 Å². The van der Waals surface area contributed by atoms with E-state index in [0.717, 1.165) is 0 Å². The van der Waals surface area contributed by atoms with E-state index in [1.54, 1.807) is 26.0 Å². The van der Waals surface area contributed by atoms with Gasteiger partial charge >= 0.3 is 5.97 Å². The Balaban J connectivity index is 2.67. The smallest absolute Gasteiger partial charge is 0.338 e. The molecule has 0 aliphatic carbocycles. The van der Waals surface area contributed by atoms with Gasteiger partial charge in [-0.1, -0.05) is 6.92 Å². The molecule has 3 N–H and O–H groups in total. The lowest BCUT2D eigenvalue weighted by Crippen LogP contribution is -2.17. The zero-order valence-electron chi connectivity index (χ0n) is 11.7. The fourth-order valence-corrected chi connectivity index (χ4v) is 2.25. The van der Waals surface area contributed by atoms with Crippen LogP contribution >= 0.6 is 0 Å². The van der Waals surface area contributed by atoms with E-state index < -0.39 is 15.8 Å². The predicted molar refractivity (Wildman–Crippen MR) is 79.6 cm³/mol. The van der Waals surface area contributed by atoms with Crippen LogP contribution in [0.3, 0.4) is 0 Å². The monoisotopic (exact) mass is 300 g/mol. The molecule has 20 heavy (non-hydrogen) atoms. The second kappa shape index (κ2) is 7.14. The highest BCUT2D eigenvalue weighted by Gasteiger charge is 2.10. The second-order valence-corrected chi connectivity index (χ2v) is 6.66. The summed E-state index contributed by atoms with van der Waals surface area (Å²) in [5.41, 5.74) is 7.17. The lowest BCUT2D eigenvalue weighted by atomic mass is 10.1. The van der Waals surface area contributed by atoms with Crippen LogP contribution in [-0.4, -0.2) is 39.0 Å². The molecule has 0 radical (unpaired) electrons. The lowest BCUT2D eigenvalue weighted by molar-refractivity contribution is 0.0526. The Morgan fingerprint density at radius 2 is 2.05 bits per heavy atom. The SMILES string of the molecule is CCOC(=O)c1ccc(NCCS(=O)(=O)CC)c(N)c1. The minimum absolute atomic E-state index is 0.0442. The van der Waals surface area contributed by atoms with Gasteiger partial charge < -0.3 is 15.8 Å². The van der Waals surface area contributed by atoms with Crippen LogP contribution in [0.25, 0.3) is 0 Å². The van der Waals surface area contributed by atoms with Gasteiger partial charge in [0.2, 0.25) is 0 Å². The minimum atomic E-state index is -3.01. The summed E-state index contributed by atoms with van der Waals surface area (Å²) in [6.07, 6.45) is 0. The van der Waals surface area contributed by atoms with Crippen LogP contribution in [0.4, 0.5) is 11.4 Å². The molecule has 0 saturated heterocycles. The van der Waals surface area contributed by atoms with Crippen molar-refractivity contribution in [2.45, 2.75) is 13.8 Å². The van der Waals surface area contributed by atoms with Gasteiger partial charge in [0.15, 0.2) is 9.84 Å². The summed E-state index contributed by atoms with van der Waals surface area (Å²) in [7, 11) is -3.01. The van der Waals surface area contributed by atoms with Crippen molar-refractivity contribution in [2.24, 2.45) is 0 Å². The number of rotatable bonds is 7. The van der Waals surface area contributed by atoms with Crippen LogP contribution in [0.1, 0.15) is 24.2 Å². The summed E-state index contributed by atoms with van der Waals surface area (Å²) < 4.78 is 27.6. The first-order chi connectivity index (χ1) is 9.39. The summed E-state index contributed by atoms with van der Waals surface area (Å²) in [4.78, 5) is 11.5. The maximum absolute atomic E-state index is 11.5. The Hall–Kier alpha value is -1.76. The number of benzene rings is 1. The quantitative estimate of drug-likeness (QED) is 0.581. The summed E-state index contributed by atoms with van der Waals surface area (Å²) in [5, 5.41) is 2.95. The molecule has 0 bridgehead atoms. The molecule has 0 heterocycles. The number of nitrogen functional groups attached to an aromatic ring is 1. The number of nitrogens with one attached hydrogen (secondary N) is 1. The maximum atomic E-state index is 11.5. The van der Waals surface area contributed by atoms with Crippen molar-refractivity contribution in [1.82, 2.24) is 0 Å². The molecular weight excluding hydrogens is 280 g/mol. The average Bonchev–Trinajstić information content (AvgIpc) is 2.40. The topological polar surface area (TPSA) is 98.5 Å². The van der Waals surface area contributed by atoms with Crippen LogP contribution < -0.4 is 11.1 Å². The fourth-order valence-electron chi connectivity index (χ4n) is 1.55. The molecule has 0 unspecified atom stereocenters. The molecule has 0 aromatic heterocycles. The van der Waals surface area contributed by atoms with E-state index in [9.17, 15) is 13.2 Å². The van der Waals surface area contributed by atoms with Gasteiger partial charge in [0.25, 0.3) is 0 Å². The molecule has 0 spiro atoms. The number of hydrogen-bond donors (Lipinski definition) is 2. The van der Waals surface area contributed by atoms with Gasteiger partial charge in [-0.05, 0) is 25.1 Å². The summed E-state index contributed by atoms with van der Waals surface area (Å²) >= 11 is 0. The number of carbonyl (C=O) groups excluding carboxylic acids is 1. The zero-order valence-corrected chi connectivity index (χ0v) is 12.5. The molecule has 0 saturated carbocycles. The molecule has 7 heteroatoms. The predicted octanol–water partition coefficient (Wildman–Crippen LogP) is 1.29. The number of anilines is 2. The first-order valence-electron chi connectivity index (χ1n) is 6.40. The van der Waals surface area contributed by atoms with Crippen molar-refractivity contribution in [3.05, 3.63) is 23.8 Å². The molecule has 0 atom stereocenters. The standard InChI is InChI=1S/C13H20N2O4S/c1-3-19-13(16)10-5-6-12(11(14)9-10)15-7-8-20(17,18)4-2/h5-6,9,15H,3-4,7-8,14H2,1-2H3. The Labute approximate surface area is 119 Å². The largest absolute Gasteiger partial charge is 0.462 e. The number of carbonyl (C=O) groups is 1. The highest BCUT2D eigenvalue weighted by Crippen LogP contribution is 2.20. The Kier molecular flexibility index (Phi) is 5.82. The van der Waals surface area contributed by atoms with Crippen molar-refractivity contribution in [3.63, 3.8) is 0 Å². The third kappa shape index (κ3) is 4.73. The molecule has 6 nitrogen and oxygen atoms in total. The van der Waals surface area contributed by atoms with Crippen molar-refractivity contribution in [3.8, 4) is 0 Å². The van der Waals surface area contributed by atoms with E-state index >= 15 is 0 Å². The second-order valence-electron chi connectivity index (χ2n) is 4.19. The van der Waals surface area contributed by atoms with E-state index in [2.05, 4.69) is 5.32 Å². The zero-order chi connectivity index (χ0) is 15.2. The van der Waals surface area contributed by atoms with Crippen LogP contribution in [0.2, 0.25) is 0 Å². The molecule has 0 amide bonds. The van der Waals surface area contributed by atoms with Crippen LogP contribution in [-0.2, 0) is 14.6 Å². The number of esters is 1. The lowest BCUT2D eigenvalue weighted by Gasteiger charge is -2.10. The van der Waals surface area contributed by atoms with Crippen molar-refractivity contribution in [1.29, 1.82) is 0 Å². The van der Waals surface area contributed by atoms with Gasteiger partial charge in [-0.25, -0.2) is 13.2 Å². The van der Waals surface area contributed by atoms with Crippen LogP contribution in [0.5, 0.6) is 0 Å². The first-order valence-corrected chi connectivity index (χ1v) is 8.22. The van der Waals surface area contributed by atoms with Crippen LogP contribution in [0.15, 0.2) is 18.2 Å². The van der Waals surface area contributed by atoms with Crippen molar-refractivity contribution in [2.75, 3.05) is 35.7 Å². The molecule has 1 aromatic rings. The van der Waals surface area contributed by atoms with Crippen LogP contribution in [0, 0.1) is 0 Å². The number of sulfone groups is 1. The van der Waals surface area contributed by atoms with E-state index in [0.29, 0.717) is 23.5 Å². The normalized spacial score (nSPS) is 11.1. The molecule has 1 rings (SSSR count). The Bertz CT molecular complexity index is 570. The first kappa shape index (κ1) is 16.3. The third-order valence-electron chi connectivity index (χ3n) is 2.73. The van der Waals surface area contributed by atoms with Gasteiger partial charge in [0.05, 0.1) is 29.3 Å². The molecule has 1 aromatic carbocycles. The van der Waals surface area contributed by atoms with Gasteiger partial charge in [0.1, 0.15) is 0 Å². The molecule has 112 valence electrons. The van der Waals surface area contributed by atoms with E-state index in [1.165, 1.54) is 6.07 Å². The van der Waals surface area contributed by atoms with Crippen molar-refractivity contribution >= 4 is 27.2 Å². The molecular formula is C13H20N2O4S. The highest BCUT2D eigenvalue weighted by molar-refractivity contribution is 7.91. The number of nitrogens with two attached hydrogens (primary N) is 1. The van der Waals surface area contributed by atoms with E-state index in [1.807, 2.05) is 0 Å². The van der Waals surface area contributed by atoms with E-state index in [-0.39, 0.29) is 18.1 Å². The third-order valence-corrected chi connectivity index (χ3v) is 4.44. The number of hydrogen-bond acceptors (Lipinski definition) is 6. The van der Waals surface area contributed by atoms with Gasteiger partial charge in [0, 0.05) is 12.3 Å². The highest BCUT2D eigenvalue weighted by atomic mass is 32.2. The summed E-state index contributed by atoms with van der Waals surface area (Å²) in [6.45, 7) is 3.91. The summed E-state index contributed by atoms with van der Waals surface area (Å²) in [6, 6.07) is 4.74. The minimum Gasteiger partial charge on any atom is -0.462 e. The average molecular weight is 300 g/mol. The fraction of sp³-hybridized carbons (Fsp3) is 0.462. The Morgan fingerprint density at radius 3 is 2.60 bits per heavy atom. The summed E-state index contributed by atoms with van der Waals surface area (Å²) in [5.74, 6) is -0.270. The van der Waals surface area contributed by atoms with Gasteiger partial charge in [-0.15, -0.1) is 0 Å². The molecule has 0 aliphatic rings. The maximum Gasteiger partial charge on any atom is 0.338 e. The van der Waals surface area contributed by atoms with Gasteiger partial charge in [-0.2, -0.15) is 0 Å².